The van der Waals surface area contributed by atoms with Crippen molar-refractivity contribution in [2.24, 2.45) is 0 Å². The third-order valence-electron chi connectivity index (χ3n) is 2.56. The van der Waals surface area contributed by atoms with Gasteiger partial charge in [-0.15, -0.1) is 0 Å². The normalized spacial score (nSPS) is 10.9. The Morgan fingerprint density at radius 3 is 2.50 bits per heavy atom. The highest BCUT2D eigenvalue weighted by atomic mass is 19.4. The Morgan fingerprint density at radius 1 is 1.23 bits per heavy atom. The zero-order chi connectivity index (χ0) is 16.8. The third kappa shape index (κ3) is 6.38. The van der Waals surface area contributed by atoms with E-state index < -0.39 is 30.2 Å². The molecule has 2 amide bonds. The topological polar surface area (TPSA) is 58.2 Å². The molecule has 0 spiro atoms. The number of carbonyl (C=O) groups excluding carboxylic acids is 2. The molecule has 1 aromatic carbocycles. The molecule has 1 rings (SSSR count). The summed E-state index contributed by atoms with van der Waals surface area (Å²) in [5.41, 5.74) is -0.00392. The molecule has 0 radical (unpaired) electrons. The first-order valence-electron chi connectivity index (χ1n) is 6.31. The van der Waals surface area contributed by atoms with Crippen LogP contribution in [0.15, 0.2) is 30.9 Å². The van der Waals surface area contributed by atoms with E-state index in [2.05, 4.69) is 17.2 Å². The van der Waals surface area contributed by atoms with Crippen LogP contribution in [-0.4, -0.2) is 18.0 Å². The van der Waals surface area contributed by atoms with E-state index in [-0.39, 0.29) is 24.2 Å². The van der Waals surface area contributed by atoms with Gasteiger partial charge in [-0.1, -0.05) is 6.58 Å². The van der Waals surface area contributed by atoms with Gasteiger partial charge >= 0.3 is 6.18 Å². The van der Waals surface area contributed by atoms with Crippen LogP contribution in [0.1, 0.15) is 19.3 Å². The van der Waals surface area contributed by atoms with Crippen molar-refractivity contribution in [1.82, 2.24) is 0 Å². The van der Waals surface area contributed by atoms with Crippen molar-refractivity contribution >= 4 is 23.2 Å². The number of carbonyl (C=O) groups is 2. The van der Waals surface area contributed by atoms with Crippen LogP contribution >= 0.6 is 0 Å². The Balaban J connectivity index is 2.62. The van der Waals surface area contributed by atoms with Gasteiger partial charge in [-0.05, 0) is 30.7 Å². The molecule has 0 aliphatic carbocycles. The van der Waals surface area contributed by atoms with Crippen LogP contribution in [-0.2, 0) is 9.59 Å². The van der Waals surface area contributed by atoms with Gasteiger partial charge in [0.25, 0.3) is 0 Å². The molecule has 120 valence electrons. The van der Waals surface area contributed by atoms with Crippen molar-refractivity contribution in [3.8, 4) is 0 Å². The standard InChI is InChI=1S/C14H14F4N2O2/c1-2-12(21)20-11-8-9(5-6-10(11)15)19-13(22)4-3-7-14(16,17)18/h2,5-6,8H,1,3-4,7H2,(H,19,22)(H,20,21). The molecule has 1 aromatic rings. The van der Waals surface area contributed by atoms with Crippen molar-refractivity contribution < 1.29 is 27.2 Å². The van der Waals surface area contributed by atoms with Crippen molar-refractivity contribution in [3.05, 3.63) is 36.7 Å². The number of alkyl halides is 3. The first kappa shape index (κ1) is 17.7. The lowest BCUT2D eigenvalue weighted by Crippen LogP contribution is -2.14. The highest BCUT2D eigenvalue weighted by Crippen LogP contribution is 2.23. The molecule has 22 heavy (non-hydrogen) atoms. The van der Waals surface area contributed by atoms with E-state index in [4.69, 9.17) is 0 Å². The second-order valence-corrected chi connectivity index (χ2v) is 4.40. The molecule has 2 N–H and O–H groups in total. The van der Waals surface area contributed by atoms with E-state index in [9.17, 15) is 27.2 Å². The lowest BCUT2D eigenvalue weighted by Gasteiger charge is -2.09. The predicted octanol–water partition coefficient (Wildman–Crippen LogP) is 3.62. The number of benzene rings is 1. The Labute approximate surface area is 124 Å². The minimum Gasteiger partial charge on any atom is -0.326 e. The molecule has 0 saturated heterocycles. The molecule has 0 unspecified atom stereocenters. The summed E-state index contributed by atoms with van der Waals surface area (Å²) in [7, 11) is 0. The van der Waals surface area contributed by atoms with E-state index in [1.54, 1.807) is 0 Å². The van der Waals surface area contributed by atoms with Crippen LogP contribution in [0, 0.1) is 5.82 Å². The molecule has 0 aromatic heterocycles. The quantitative estimate of drug-likeness (QED) is 0.622. The molecule has 0 bridgehead atoms. The van der Waals surface area contributed by atoms with Gasteiger partial charge < -0.3 is 10.6 Å². The van der Waals surface area contributed by atoms with Gasteiger partial charge in [0, 0.05) is 18.5 Å². The van der Waals surface area contributed by atoms with Crippen LogP contribution in [0.25, 0.3) is 0 Å². The summed E-state index contributed by atoms with van der Waals surface area (Å²) in [6.07, 6.45) is -5.06. The number of anilines is 2. The van der Waals surface area contributed by atoms with Gasteiger partial charge in [0.2, 0.25) is 11.8 Å². The maximum Gasteiger partial charge on any atom is 0.389 e. The SMILES string of the molecule is C=CC(=O)Nc1cc(NC(=O)CCCC(F)(F)F)ccc1F. The van der Waals surface area contributed by atoms with Gasteiger partial charge in [-0.25, -0.2) is 4.39 Å². The summed E-state index contributed by atoms with van der Waals surface area (Å²) in [6.45, 7) is 3.21. The van der Waals surface area contributed by atoms with E-state index in [1.807, 2.05) is 0 Å². The Kier molecular flexibility index (Phi) is 6.09. The molecule has 0 heterocycles. The van der Waals surface area contributed by atoms with Crippen molar-refractivity contribution in [2.75, 3.05) is 10.6 Å². The highest BCUT2D eigenvalue weighted by molar-refractivity contribution is 5.99. The van der Waals surface area contributed by atoms with Gasteiger partial charge in [-0.2, -0.15) is 13.2 Å². The van der Waals surface area contributed by atoms with Crippen molar-refractivity contribution in [1.29, 1.82) is 0 Å². The lowest BCUT2D eigenvalue weighted by molar-refractivity contribution is -0.136. The fourth-order valence-corrected chi connectivity index (χ4v) is 1.56. The van der Waals surface area contributed by atoms with E-state index >= 15 is 0 Å². The minimum absolute atomic E-state index is 0.165. The fourth-order valence-electron chi connectivity index (χ4n) is 1.56. The maximum absolute atomic E-state index is 13.5. The van der Waals surface area contributed by atoms with Crippen LogP contribution < -0.4 is 10.6 Å². The molecule has 0 aliphatic heterocycles. The second-order valence-electron chi connectivity index (χ2n) is 4.40. The van der Waals surface area contributed by atoms with Crippen LogP contribution in [0.2, 0.25) is 0 Å². The number of hydrogen-bond donors (Lipinski definition) is 2. The van der Waals surface area contributed by atoms with Gasteiger partial charge in [0.15, 0.2) is 0 Å². The van der Waals surface area contributed by atoms with Gasteiger partial charge in [0.05, 0.1) is 5.69 Å². The van der Waals surface area contributed by atoms with E-state index in [1.165, 1.54) is 12.1 Å². The van der Waals surface area contributed by atoms with E-state index in [0.29, 0.717) is 0 Å². The average Bonchev–Trinajstić information content (AvgIpc) is 2.41. The molecule has 8 heteroatoms. The van der Waals surface area contributed by atoms with Crippen molar-refractivity contribution in [3.63, 3.8) is 0 Å². The Morgan fingerprint density at radius 2 is 1.91 bits per heavy atom. The number of rotatable bonds is 6. The summed E-state index contributed by atoms with van der Waals surface area (Å²) in [5, 5.41) is 4.54. The largest absolute Gasteiger partial charge is 0.389 e. The first-order valence-corrected chi connectivity index (χ1v) is 6.31. The number of halogens is 4. The lowest BCUT2D eigenvalue weighted by atomic mass is 10.2. The second kappa shape index (κ2) is 7.58. The van der Waals surface area contributed by atoms with Gasteiger partial charge in [0.1, 0.15) is 5.82 Å². The number of amides is 2. The van der Waals surface area contributed by atoms with E-state index in [0.717, 1.165) is 12.1 Å². The number of nitrogens with one attached hydrogen (secondary N) is 2. The monoisotopic (exact) mass is 318 g/mol. The molecule has 0 saturated carbocycles. The Hall–Kier alpha value is -2.38. The van der Waals surface area contributed by atoms with Gasteiger partial charge in [-0.3, -0.25) is 9.59 Å². The predicted molar refractivity (Wildman–Crippen MR) is 73.8 cm³/mol. The van der Waals surface area contributed by atoms with Crippen LogP contribution in [0.5, 0.6) is 0 Å². The molecule has 0 fully saturated rings. The third-order valence-corrected chi connectivity index (χ3v) is 2.56. The summed E-state index contributed by atoms with van der Waals surface area (Å²) < 4.78 is 49.3. The maximum atomic E-state index is 13.5. The molecule has 0 aliphatic rings. The average molecular weight is 318 g/mol. The van der Waals surface area contributed by atoms with Crippen LogP contribution in [0.3, 0.4) is 0 Å². The fraction of sp³-hybridized carbons (Fsp3) is 0.286. The molecule has 0 atom stereocenters. The summed E-state index contributed by atoms with van der Waals surface area (Å²) in [5.74, 6) is -1.98. The molecule has 4 nitrogen and oxygen atoms in total. The van der Waals surface area contributed by atoms with Crippen molar-refractivity contribution in [2.45, 2.75) is 25.4 Å². The summed E-state index contributed by atoms with van der Waals surface area (Å²) in [6, 6.07) is 3.42. The molecular weight excluding hydrogens is 304 g/mol. The summed E-state index contributed by atoms with van der Waals surface area (Å²) >= 11 is 0. The zero-order valence-electron chi connectivity index (χ0n) is 11.5. The number of hydrogen-bond acceptors (Lipinski definition) is 2. The van der Waals surface area contributed by atoms with Crippen LogP contribution in [0.4, 0.5) is 28.9 Å². The Bertz CT molecular complexity index is 570. The zero-order valence-corrected chi connectivity index (χ0v) is 11.5. The first-order chi connectivity index (χ1) is 10.2. The highest BCUT2D eigenvalue weighted by Gasteiger charge is 2.26. The summed E-state index contributed by atoms with van der Waals surface area (Å²) in [4.78, 5) is 22.6. The smallest absolute Gasteiger partial charge is 0.326 e. The minimum atomic E-state index is -4.31. The molecular formula is C14H14F4N2O2.